The number of aromatic nitrogens is 2. The first kappa shape index (κ1) is 18.8. The Hall–Kier alpha value is -2.50. The molecule has 1 aromatic heterocycles. The highest BCUT2D eigenvalue weighted by molar-refractivity contribution is 5.79. The number of hydrogen-bond acceptors (Lipinski definition) is 3. The van der Waals surface area contributed by atoms with Crippen molar-refractivity contribution in [1.82, 2.24) is 20.4 Å². The van der Waals surface area contributed by atoms with E-state index in [1.807, 2.05) is 29.8 Å². The summed E-state index contributed by atoms with van der Waals surface area (Å²) in [6.45, 7) is 9.20. The van der Waals surface area contributed by atoms with E-state index < -0.39 is 0 Å². The Morgan fingerprint density at radius 1 is 1.16 bits per heavy atom. The fourth-order valence-electron chi connectivity index (χ4n) is 2.60. The Labute approximate surface area is 150 Å². The van der Waals surface area contributed by atoms with Crippen molar-refractivity contribution in [2.75, 3.05) is 26.7 Å². The van der Waals surface area contributed by atoms with E-state index >= 15 is 0 Å². The van der Waals surface area contributed by atoms with Gasteiger partial charge in [-0.2, -0.15) is 5.10 Å². The summed E-state index contributed by atoms with van der Waals surface area (Å²) in [7, 11) is 1.78. The lowest BCUT2D eigenvalue weighted by atomic mass is 10.2. The third-order valence-electron chi connectivity index (χ3n) is 3.82. The SMILES string of the molecule is CN=C(NCCCn1nc(C)cc1C)NCCOc1cccc(C)c1. The minimum Gasteiger partial charge on any atom is -0.492 e. The van der Waals surface area contributed by atoms with Crippen molar-refractivity contribution in [3.63, 3.8) is 0 Å². The second-order valence-electron chi connectivity index (χ2n) is 6.09. The molecule has 0 radical (unpaired) electrons. The van der Waals surface area contributed by atoms with Crippen LogP contribution in [-0.2, 0) is 6.54 Å². The molecule has 0 aliphatic heterocycles. The second-order valence-corrected chi connectivity index (χ2v) is 6.09. The first-order valence-corrected chi connectivity index (χ1v) is 8.73. The molecule has 0 aliphatic rings. The number of rotatable bonds is 8. The summed E-state index contributed by atoms with van der Waals surface area (Å²) in [5.74, 6) is 1.69. The number of aryl methyl sites for hydroxylation is 4. The largest absolute Gasteiger partial charge is 0.492 e. The van der Waals surface area contributed by atoms with Crippen LogP contribution in [0.25, 0.3) is 0 Å². The van der Waals surface area contributed by atoms with Gasteiger partial charge in [0.25, 0.3) is 0 Å². The fourth-order valence-corrected chi connectivity index (χ4v) is 2.60. The minimum atomic E-state index is 0.593. The van der Waals surface area contributed by atoms with Crippen molar-refractivity contribution in [1.29, 1.82) is 0 Å². The van der Waals surface area contributed by atoms with Crippen LogP contribution in [0.2, 0.25) is 0 Å². The van der Waals surface area contributed by atoms with Gasteiger partial charge in [-0.25, -0.2) is 0 Å². The molecule has 1 heterocycles. The third-order valence-corrected chi connectivity index (χ3v) is 3.82. The Morgan fingerprint density at radius 2 is 1.96 bits per heavy atom. The molecule has 6 heteroatoms. The molecule has 0 unspecified atom stereocenters. The number of hydrogen-bond donors (Lipinski definition) is 2. The minimum absolute atomic E-state index is 0.593. The molecule has 0 saturated heterocycles. The van der Waals surface area contributed by atoms with Crippen molar-refractivity contribution in [2.24, 2.45) is 4.99 Å². The van der Waals surface area contributed by atoms with Gasteiger partial charge in [-0.05, 0) is 51.0 Å². The van der Waals surface area contributed by atoms with E-state index in [4.69, 9.17) is 4.74 Å². The Kier molecular flexibility index (Phi) is 7.32. The van der Waals surface area contributed by atoms with Crippen LogP contribution in [0.3, 0.4) is 0 Å². The number of guanidine groups is 1. The molecule has 0 aliphatic carbocycles. The van der Waals surface area contributed by atoms with E-state index in [-0.39, 0.29) is 0 Å². The monoisotopic (exact) mass is 343 g/mol. The number of nitrogens with one attached hydrogen (secondary N) is 2. The van der Waals surface area contributed by atoms with Crippen LogP contribution in [0.1, 0.15) is 23.4 Å². The van der Waals surface area contributed by atoms with E-state index in [0.717, 1.165) is 36.9 Å². The fraction of sp³-hybridized carbons (Fsp3) is 0.474. The van der Waals surface area contributed by atoms with E-state index in [1.54, 1.807) is 7.05 Å². The summed E-state index contributed by atoms with van der Waals surface area (Å²) in [6.07, 6.45) is 0.989. The predicted molar refractivity (Wildman–Crippen MR) is 102 cm³/mol. The maximum atomic E-state index is 5.72. The molecule has 0 atom stereocenters. The van der Waals surface area contributed by atoms with Crippen molar-refractivity contribution in [3.8, 4) is 5.75 Å². The molecule has 6 nitrogen and oxygen atoms in total. The van der Waals surface area contributed by atoms with Crippen LogP contribution >= 0.6 is 0 Å². The maximum Gasteiger partial charge on any atom is 0.191 e. The molecule has 0 bridgehead atoms. The lowest BCUT2D eigenvalue weighted by Crippen LogP contribution is -2.39. The standard InChI is InChI=1S/C19H29N5O/c1-15-7-5-8-18(13-15)25-12-10-22-19(20-4)21-9-6-11-24-17(3)14-16(2)23-24/h5,7-8,13-14H,6,9-12H2,1-4H3,(H2,20,21,22). The van der Waals surface area contributed by atoms with Gasteiger partial charge in [0.05, 0.1) is 12.2 Å². The molecule has 0 spiro atoms. The maximum absolute atomic E-state index is 5.72. The van der Waals surface area contributed by atoms with Gasteiger partial charge in [0.1, 0.15) is 12.4 Å². The van der Waals surface area contributed by atoms with Gasteiger partial charge < -0.3 is 15.4 Å². The smallest absolute Gasteiger partial charge is 0.191 e. The zero-order valence-electron chi connectivity index (χ0n) is 15.7. The van der Waals surface area contributed by atoms with Crippen LogP contribution < -0.4 is 15.4 Å². The molecule has 0 amide bonds. The Balaban J connectivity index is 1.61. The van der Waals surface area contributed by atoms with E-state index in [9.17, 15) is 0 Å². The topological polar surface area (TPSA) is 63.5 Å². The van der Waals surface area contributed by atoms with Gasteiger partial charge >= 0.3 is 0 Å². The van der Waals surface area contributed by atoms with Crippen LogP contribution in [0.4, 0.5) is 0 Å². The van der Waals surface area contributed by atoms with Crippen molar-refractivity contribution in [3.05, 3.63) is 47.3 Å². The average Bonchev–Trinajstić information content (AvgIpc) is 2.91. The normalized spacial score (nSPS) is 11.4. The molecular formula is C19H29N5O. The highest BCUT2D eigenvalue weighted by atomic mass is 16.5. The highest BCUT2D eigenvalue weighted by Gasteiger charge is 2.01. The lowest BCUT2D eigenvalue weighted by Gasteiger charge is -2.13. The van der Waals surface area contributed by atoms with E-state index in [1.165, 1.54) is 11.3 Å². The zero-order chi connectivity index (χ0) is 18.1. The van der Waals surface area contributed by atoms with Crippen molar-refractivity contribution < 1.29 is 4.74 Å². The highest BCUT2D eigenvalue weighted by Crippen LogP contribution is 2.11. The van der Waals surface area contributed by atoms with Gasteiger partial charge in [-0.3, -0.25) is 9.67 Å². The predicted octanol–water partition coefficient (Wildman–Crippen LogP) is 2.44. The molecule has 0 fully saturated rings. The van der Waals surface area contributed by atoms with E-state index in [0.29, 0.717) is 13.2 Å². The van der Waals surface area contributed by atoms with Gasteiger partial charge in [0.15, 0.2) is 5.96 Å². The van der Waals surface area contributed by atoms with Crippen LogP contribution in [-0.4, -0.2) is 42.5 Å². The van der Waals surface area contributed by atoms with Gasteiger partial charge in [0.2, 0.25) is 0 Å². The number of ether oxygens (including phenoxy) is 1. The number of aliphatic imine (C=N–C) groups is 1. The quantitative estimate of drug-likeness (QED) is 0.439. The summed E-state index contributed by atoms with van der Waals surface area (Å²) < 4.78 is 7.77. The Bertz CT molecular complexity index is 693. The van der Waals surface area contributed by atoms with Gasteiger partial charge in [-0.15, -0.1) is 0 Å². The van der Waals surface area contributed by atoms with Crippen LogP contribution in [0.5, 0.6) is 5.75 Å². The number of benzene rings is 1. The zero-order valence-corrected chi connectivity index (χ0v) is 15.7. The molecular weight excluding hydrogens is 314 g/mol. The van der Waals surface area contributed by atoms with Crippen molar-refractivity contribution in [2.45, 2.75) is 33.7 Å². The molecule has 2 rings (SSSR count). The van der Waals surface area contributed by atoms with E-state index in [2.05, 4.69) is 46.7 Å². The van der Waals surface area contributed by atoms with Gasteiger partial charge in [-0.1, -0.05) is 12.1 Å². The summed E-state index contributed by atoms with van der Waals surface area (Å²) >= 11 is 0. The molecule has 136 valence electrons. The summed E-state index contributed by atoms with van der Waals surface area (Å²) in [4.78, 5) is 4.23. The number of nitrogens with zero attached hydrogens (tertiary/aromatic N) is 3. The summed E-state index contributed by atoms with van der Waals surface area (Å²) in [5, 5.41) is 11.0. The molecule has 0 saturated carbocycles. The molecule has 25 heavy (non-hydrogen) atoms. The summed E-state index contributed by atoms with van der Waals surface area (Å²) in [6, 6.07) is 10.2. The average molecular weight is 343 g/mol. The van der Waals surface area contributed by atoms with Gasteiger partial charge in [0, 0.05) is 25.8 Å². The second kappa shape index (κ2) is 9.71. The molecule has 1 aromatic carbocycles. The lowest BCUT2D eigenvalue weighted by molar-refractivity contribution is 0.321. The van der Waals surface area contributed by atoms with Crippen molar-refractivity contribution >= 4 is 5.96 Å². The van der Waals surface area contributed by atoms with Crippen LogP contribution in [0.15, 0.2) is 35.3 Å². The molecule has 2 aromatic rings. The molecule has 2 N–H and O–H groups in total. The first-order valence-electron chi connectivity index (χ1n) is 8.73. The summed E-state index contributed by atoms with van der Waals surface area (Å²) in [5.41, 5.74) is 3.47. The first-order chi connectivity index (χ1) is 12.1. The van der Waals surface area contributed by atoms with Crippen LogP contribution in [0, 0.1) is 20.8 Å². The Morgan fingerprint density at radius 3 is 2.64 bits per heavy atom. The third kappa shape index (κ3) is 6.49.